The van der Waals surface area contributed by atoms with Crippen LogP contribution in [-0.4, -0.2) is 16.5 Å². The Bertz CT molecular complexity index is 68.5. The molecule has 42 valence electrons. The van der Waals surface area contributed by atoms with Crippen LogP contribution in [-0.2, 0) is 0 Å². The highest BCUT2D eigenvalue weighted by Crippen LogP contribution is 2.38. The average Bonchev–Trinajstić information content (AvgIpc) is 2.22. The molecule has 7 heavy (non-hydrogen) atoms. The maximum absolute atomic E-state index is 9.08. The van der Waals surface area contributed by atoms with Crippen molar-refractivity contribution in [2.24, 2.45) is 0 Å². The van der Waals surface area contributed by atoms with E-state index in [0.717, 1.165) is 25.0 Å². The second kappa shape index (κ2) is 1.67. The molecule has 0 saturated heterocycles. The minimum absolute atomic E-state index is 0.276. The van der Waals surface area contributed by atoms with Crippen LogP contribution in [0.1, 0.15) is 19.3 Å². The first-order chi connectivity index (χ1) is 3.27. The third kappa shape index (κ3) is 1.35. The van der Waals surface area contributed by atoms with Gasteiger partial charge in [0, 0.05) is 0 Å². The molecule has 0 atom stereocenters. The van der Waals surface area contributed by atoms with Gasteiger partial charge in [-0.05, 0) is 25.0 Å². The number of hydrogen-bond acceptors (Lipinski definition) is 2. The zero-order chi connectivity index (χ0) is 5.33. The van der Waals surface area contributed by atoms with Crippen LogP contribution < -0.4 is 0 Å². The molecule has 0 amide bonds. The van der Waals surface area contributed by atoms with E-state index in [1.54, 1.807) is 0 Å². The highest BCUT2D eigenvalue weighted by molar-refractivity contribution is 7.80. The Labute approximate surface area is 49.1 Å². The van der Waals surface area contributed by atoms with Gasteiger partial charge in [0.15, 0.2) is 0 Å². The fourth-order valence-electron chi connectivity index (χ4n) is 0.602. The first-order valence-electron chi connectivity index (χ1n) is 2.60. The zero-order valence-corrected chi connectivity index (χ0v) is 5.12. The average molecular weight is 118 g/mol. The van der Waals surface area contributed by atoms with E-state index in [4.69, 9.17) is 5.11 Å². The Morgan fingerprint density at radius 3 is 2.29 bits per heavy atom. The van der Waals surface area contributed by atoms with Crippen LogP contribution >= 0.6 is 12.6 Å². The predicted molar refractivity (Wildman–Crippen MR) is 32.7 cm³/mol. The molecule has 0 spiro atoms. The largest absolute Gasteiger partial charge is 0.390 e. The first kappa shape index (κ1) is 5.45. The molecule has 0 unspecified atom stereocenters. The van der Waals surface area contributed by atoms with E-state index in [1.165, 1.54) is 0 Å². The van der Waals surface area contributed by atoms with Crippen LogP contribution in [0.3, 0.4) is 0 Å². The maximum atomic E-state index is 9.08. The Balaban J connectivity index is 2.13. The van der Waals surface area contributed by atoms with E-state index in [1.807, 2.05) is 0 Å². The molecule has 0 aromatic heterocycles. The highest BCUT2D eigenvalue weighted by atomic mass is 32.1. The second-order valence-corrected chi connectivity index (χ2v) is 2.65. The third-order valence-electron chi connectivity index (χ3n) is 1.40. The van der Waals surface area contributed by atoms with Gasteiger partial charge in [-0.2, -0.15) is 12.6 Å². The van der Waals surface area contributed by atoms with Crippen LogP contribution in [0.2, 0.25) is 0 Å². The van der Waals surface area contributed by atoms with Gasteiger partial charge in [-0.1, -0.05) is 0 Å². The standard InChI is InChI=1S/C5H10OS/c6-5(1-2-5)3-4-7/h6-7H,1-4H2. The van der Waals surface area contributed by atoms with Gasteiger partial charge >= 0.3 is 0 Å². The van der Waals surface area contributed by atoms with Gasteiger partial charge in [0.1, 0.15) is 0 Å². The van der Waals surface area contributed by atoms with Crippen LogP contribution in [0.4, 0.5) is 0 Å². The molecule has 1 aliphatic rings. The lowest BCUT2D eigenvalue weighted by Gasteiger charge is -2.00. The fraction of sp³-hybridized carbons (Fsp3) is 1.00. The minimum atomic E-state index is -0.276. The summed E-state index contributed by atoms with van der Waals surface area (Å²) in [6, 6.07) is 0. The van der Waals surface area contributed by atoms with Crippen molar-refractivity contribution in [2.75, 3.05) is 5.75 Å². The summed E-state index contributed by atoms with van der Waals surface area (Å²) >= 11 is 3.99. The molecule has 0 bridgehead atoms. The van der Waals surface area contributed by atoms with Crippen molar-refractivity contribution in [3.05, 3.63) is 0 Å². The lowest BCUT2D eigenvalue weighted by molar-refractivity contribution is 0.147. The zero-order valence-electron chi connectivity index (χ0n) is 4.22. The lowest BCUT2D eigenvalue weighted by Crippen LogP contribution is -2.05. The van der Waals surface area contributed by atoms with Crippen molar-refractivity contribution < 1.29 is 5.11 Å². The van der Waals surface area contributed by atoms with Gasteiger partial charge in [-0.3, -0.25) is 0 Å². The molecular formula is C5H10OS. The van der Waals surface area contributed by atoms with E-state index in [-0.39, 0.29) is 5.60 Å². The van der Waals surface area contributed by atoms with E-state index in [2.05, 4.69) is 12.6 Å². The topological polar surface area (TPSA) is 20.2 Å². The SMILES string of the molecule is OC1(CCS)CC1. The molecule has 1 fully saturated rings. The van der Waals surface area contributed by atoms with Crippen molar-refractivity contribution in [3.8, 4) is 0 Å². The molecule has 1 saturated carbocycles. The number of thiol groups is 1. The summed E-state index contributed by atoms with van der Waals surface area (Å²) in [4.78, 5) is 0. The summed E-state index contributed by atoms with van der Waals surface area (Å²) in [7, 11) is 0. The van der Waals surface area contributed by atoms with Crippen LogP contribution in [0.15, 0.2) is 0 Å². The first-order valence-corrected chi connectivity index (χ1v) is 3.23. The predicted octanol–water partition coefficient (Wildman–Crippen LogP) is 0.831. The Hall–Kier alpha value is 0.310. The molecule has 1 rings (SSSR count). The summed E-state index contributed by atoms with van der Waals surface area (Å²) < 4.78 is 0. The summed E-state index contributed by atoms with van der Waals surface area (Å²) in [5, 5.41) is 9.08. The molecule has 0 radical (unpaired) electrons. The van der Waals surface area contributed by atoms with Crippen molar-refractivity contribution in [3.63, 3.8) is 0 Å². The van der Waals surface area contributed by atoms with Gasteiger partial charge in [0.25, 0.3) is 0 Å². The van der Waals surface area contributed by atoms with Crippen molar-refractivity contribution >= 4 is 12.6 Å². The number of aliphatic hydroxyl groups is 1. The van der Waals surface area contributed by atoms with Gasteiger partial charge in [0.2, 0.25) is 0 Å². The van der Waals surface area contributed by atoms with Gasteiger partial charge in [-0.15, -0.1) is 0 Å². The highest BCUT2D eigenvalue weighted by Gasteiger charge is 2.38. The quantitative estimate of drug-likeness (QED) is 0.515. The van der Waals surface area contributed by atoms with Crippen molar-refractivity contribution in [1.82, 2.24) is 0 Å². The normalized spacial score (nSPS) is 24.9. The van der Waals surface area contributed by atoms with Crippen molar-refractivity contribution in [1.29, 1.82) is 0 Å². The van der Waals surface area contributed by atoms with Gasteiger partial charge < -0.3 is 5.11 Å². The van der Waals surface area contributed by atoms with Gasteiger partial charge in [-0.25, -0.2) is 0 Å². The molecule has 0 aromatic carbocycles. The maximum Gasteiger partial charge on any atom is 0.0657 e. The second-order valence-electron chi connectivity index (χ2n) is 2.20. The van der Waals surface area contributed by atoms with E-state index < -0.39 is 0 Å². The third-order valence-corrected chi connectivity index (χ3v) is 1.63. The lowest BCUT2D eigenvalue weighted by atomic mass is 10.3. The monoisotopic (exact) mass is 118 g/mol. The molecule has 1 nitrogen and oxygen atoms in total. The summed E-state index contributed by atoms with van der Waals surface area (Å²) in [6.07, 6.45) is 2.86. The Kier molecular flexibility index (Phi) is 1.30. The smallest absolute Gasteiger partial charge is 0.0657 e. The molecule has 1 aliphatic carbocycles. The Morgan fingerprint density at radius 1 is 1.57 bits per heavy atom. The Morgan fingerprint density at radius 2 is 2.14 bits per heavy atom. The van der Waals surface area contributed by atoms with E-state index >= 15 is 0 Å². The van der Waals surface area contributed by atoms with Crippen molar-refractivity contribution in [2.45, 2.75) is 24.9 Å². The summed E-state index contributed by atoms with van der Waals surface area (Å²) in [5.74, 6) is 0.816. The van der Waals surface area contributed by atoms with Crippen LogP contribution in [0.5, 0.6) is 0 Å². The summed E-state index contributed by atoms with van der Waals surface area (Å²) in [5.41, 5.74) is -0.276. The molecule has 0 heterocycles. The molecule has 0 aliphatic heterocycles. The number of hydrogen-bond donors (Lipinski definition) is 2. The number of rotatable bonds is 2. The molecule has 0 aromatic rings. The molecule has 2 heteroatoms. The summed E-state index contributed by atoms with van der Waals surface area (Å²) in [6.45, 7) is 0. The van der Waals surface area contributed by atoms with E-state index in [9.17, 15) is 0 Å². The van der Waals surface area contributed by atoms with Gasteiger partial charge in [0.05, 0.1) is 5.60 Å². The molecule has 1 N–H and O–H groups in total. The molecular weight excluding hydrogens is 108 g/mol. The van der Waals surface area contributed by atoms with E-state index in [0.29, 0.717) is 0 Å². The fourth-order valence-corrected chi connectivity index (χ4v) is 1.02. The minimum Gasteiger partial charge on any atom is -0.390 e. The van der Waals surface area contributed by atoms with Crippen LogP contribution in [0.25, 0.3) is 0 Å². The van der Waals surface area contributed by atoms with Crippen LogP contribution in [0, 0.1) is 0 Å².